The number of hydrogen-bond donors (Lipinski definition) is 0. The van der Waals surface area contributed by atoms with Gasteiger partial charge in [-0.25, -0.2) is 0 Å². The van der Waals surface area contributed by atoms with Gasteiger partial charge in [-0.05, 0) is 23.6 Å². The smallest absolute Gasteiger partial charge is 0.429 e. The Labute approximate surface area is 97.9 Å². The molecule has 0 bridgehead atoms. The minimum Gasteiger partial charge on any atom is -0.476 e. The molecule has 4 heteroatoms. The van der Waals surface area contributed by atoms with E-state index in [1.165, 1.54) is 6.08 Å². The SMILES string of the molecule is CC(C)c1ccc2c(c1)OC(C(F)(F)F)C=C2. The molecule has 1 aromatic carbocycles. The Morgan fingerprint density at radius 3 is 2.53 bits per heavy atom. The molecule has 2 rings (SSSR count). The van der Waals surface area contributed by atoms with Gasteiger partial charge in [-0.15, -0.1) is 0 Å². The monoisotopic (exact) mass is 242 g/mol. The molecule has 0 saturated carbocycles. The minimum absolute atomic E-state index is 0.263. The van der Waals surface area contributed by atoms with Crippen LogP contribution in [0.5, 0.6) is 5.75 Å². The number of alkyl halides is 3. The van der Waals surface area contributed by atoms with Crippen LogP contribution >= 0.6 is 0 Å². The van der Waals surface area contributed by atoms with Gasteiger partial charge in [0.15, 0.2) is 0 Å². The first-order chi connectivity index (χ1) is 7.88. The Morgan fingerprint density at radius 1 is 1.24 bits per heavy atom. The van der Waals surface area contributed by atoms with Crippen molar-refractivity contribution in [3.05, 3.63) is 35.4 Å². The van der Waals surface area contributed by atoms with Crippen LogP contribution in [0.3, 0.4) is 0 Å². The Bertz CT molecular complexity index is 446. The van der Waals surface area contributed by atoms with Gasteiger partial charge in [0.25, 0.3) is 0 Å². The fraction of sp³-hybridized carbons (Fsp3) is 0.385. The van der Waals surface area contributed by atoms with Gasteiger partial charge in [-0.1, -0.05) is 32.1 Å². The predicted octanol–water partition coefficient (Wildman–Crippen LogP) is 4.15. The van der Waals surface area contributed by atoms with Gasteiger partial charge in [0.2, 0.25) is 6.10 Å². The maximum Gasteiger partial charge on any atom is 0.429 e. The van der Waals surface area contributed by atoms with Crippen molar-refractivity contribution in [2.75, 3.05) is 0 Å². The minimum atomic E-state index is -4.36. The standard InChI is InChI=1S/C13H13F3O/c1-8(2)10-4-3-9-5-6-12(13(14,15)16)17-11(9)7-10/h3-8,12H,1-2H3. The van der Waals surface area contributed by atoms with Crippen LogP contribution in [0.25, 0.3) is 6.08 Å². The summed E-state index contributed by atoms with van der Waals surface area (Å²) in [5.41, 5.74) is 1.66. The van der Waals surface area contributed by atoms with E-state index in [9.17, 15) is 13.2 Å². The van der Waals surface area contributed by atoms with Crippen LogP contribution < -0.4 is 4.74 Å². The van der Waals surface area contributed by atoms with Crippen molar-refractivity contribution in [1.82, 2.24) is 0 Å². The molecule has 0 aliphatic carbocycles. The maximum absolute atomic E-state index is 12.5. The van der Waals surface area contributed by atoms with Crippen molar-refractivity contribution in [2.45, 2.75) is 32.0 Å². The van der Waals surface area contributed by atoms with Gasteiger partial charge in [0.05, 0.1) is 0 Å². The highest BCUT2D eigenvalue weighted by Gasteiger charge is 2.41. The molecule has 1 unspecified atom stereocenters. The normalized spacial score (nSPS) is 19.1. The highest BCUT2D eigenvalue weighted by atomic mass is 19.4. The summed E-state index contributed by atoms with van der Waals surface area (Å²) in [6, 6.07) is 5.38. The maximum atomic E-state index is 12.5. The van der Waals surface area contributed by atoms with Crippen molar-refractivity contribution < 1.29 is 17.9 Å². The lowest BCUT2D eigenvalue weighted by Crippen LogP contribution is -2.33. The molecule has 0 saturated heterocycles. The number of hydrogen-bond acceptors (Lipinski definition) is 1. The average Bonchev–Trinajstić information content (AvgIpc) is 2.26. The summed E-state index contributed by atoms with van der Waals surface area (Å²) in [6.45, 7) is 3.98. The first kappa shape index (κ1) is 12.0. The molecule has 1 atom stereocenters. The molecule has 92 valence electrons. The predicted molar refractivity (Wildman–Crippen MR) is 60.0 cm³/mol. The number of fused-ring (bicyclic) bond motifs is 1. The molecular formula is C13H13F3O. The summed E-state index contributed by atoms with van der Waals surface area (Å²) in [5, 5.41) is 0. The Kier molecular flexibility index (Phi) is 2.89. The van der Waals surface area contributed by atoms with E-state index in [-0.39, 0.29) is 5.92 Å². The van der Waals surface area contributed by atoms with E-state index in [4.69, 9.17) is 4.74 Å². The van der Waals surface area contributed by atoms with Crippen LogP contribution in [-0.2, 0) is 0 Å². The summed E-state index contributed by atoms with van der Waals surface area (Å²) in [7, 11) is 0. The van der Waals surface area contributed by atoms with Crippen molar-refractivity contribution in [1.29, 1.82) is 0 Å². The van der Waals surface area contributed by atoms with Crippen LogP contribution in [0, 0.1) is 0 Å². The second-order valence-corrected chi connectivity index (χ2v) is 4.39. The summed E-state index contributed by atoms with van der Waals surface area (Å²) in [6.07, 6.45) is -3.70. The average molecular weight is 242 g/mol. The van der Waals surface area contributed by atoms with E-state index >= 15 is 0 Å². The van der Waals surface area contributed by atoms with Crippen molar-refractivity contribution in [3.63, 3.8) is 0 Å². The van der Waals surface area contributed by atoms with Crippen LogP contribution in [0.2, 0.25) is 0 Å². The lowest BCUT2D eigenvalue weighted by atomic mass is 9.99. The van der Waals surface area contributed by atoms with E-state index in [0.29, 0.717) is 11.3 Å². The van der Waals surface area contributed by atoms with Crippen molar-refractivity contribution >= 4 is 6.08 Å². The van der Waals surface area contributed by atoms with Gasteiger partial charge in [0, 0.05) is 5.56 Å². The van der Waals surface area contributed by atoms with Gasteiger partial charge >= 0.3 is 6.18 Å². The van der Waals surface area contributed by atoms with Gasteiger partial charge in [-0.3, -0.25) is 0 Å². The van der Waals surface area contributed by atoms with Gasteiger partial charge in [-0.2, -0.15) is 13.2 Å². The van der Waals surface area contributed by atoms with E-state index in [0.717, 1.165) is 11.6 Å². The summed E-state index contributed by atoms with van der Waals surface area (Å²) in [4.78, 5) is 0. The van der Waals surface area contributed by atoms with E-state index in [1.54, 1.807) is 12.1 Å². The second-order valence-electron chi connectivity index (χ2n) is 4.39. The molecular weight excluding hydrogens is 229 g/mol. The lowest BCUT2D eigenvalue weighted by molar-refractivity contribution is -0.180. The van der Waals surface area contributed by atoms with Crippen molar-refractivity contribution in [3.8, 4) is 5.75 Å². The molecule has 1 aliphatic heterocycles. The molecule has 0 fully saturated rings. The Hall–Kier alpha value is -1.45. The molecule has 0 radical (unpaired) electrons. The van der Waals surface area contributed by atoms with Crippen LogP contribution in [0.4, 0.5) is 13.2 Å². The summed E-state index contributed by atoms with van der Waals surface area (Å²) in [5.74, 6) is 0.570. The van der Waals surface area contributed by atoms with E-state index in [1.807, 2.05) is 19.9 Å². The Morgan fingerprint density at radius 2 is 1.94 bits per heavy atom. The zero-order valence-corrected chi connectivity index (χ0v) is 9.58. The number of benzene rings is 1. The molecule has 1 heterocycles. The van der Waals surface area contributed by atoms with Crippen molar-refractivity contribution in [2.24, 2.45) is 0 Å². The van der Waals surface area contributed by atoms with E-state index in [2.05, 4.69) is 0 Å². The second kappa shape index (κ2) is 4.09. The summed E-state index contributed by atoms with van der Waals surface area (Å²) >= 11 is 0. The molecule has 1 nitrogen and oxygen atoms in total. The quantitative estimate of drug-likeness (QED) is 0.719. The first-order valence-corrected chi connectivity index (χ1v) is 5.43. The van der Waals surface area contributed by atoms with Crippen LogP contribution in [-0.4, -0.2) is 12.3 Å². The number of rotatable bonds is 1. The highest BCUT2D eigenvalue weighted by molar-refractivity contribution is 5.61. The lowest BCUT2D eigenvalue weighted by Gasteiger charge is -2.24. The van der Waals surface area contributed by atoms with Crippen LogP contribution in [0.15, 0.2) is 24.3 Å². The highest BCUT2D eigenvalue weighted by Crippen LogP contribution is 2.34. The molecule has 0 N–H and O–H groups in total. The topological polar surface area (TPSA) is 9.23 Å². The van der Waals surface area contributed by atoms with E-state index < -0.39 is 12.3 Å². The molecule has 0 amide bonds. The molecule has 1 aliphatic rings. The zero-order chi connectivity index (χ0) is 12.6. The van der Waals surface area contributed by atoms with Gasteiger partial charge in [0.1, 0.15) is 5.75 Å². The third kappa shape index (κ3) is 2.46. The number of halogens is 3. The van der Waals surface area contributed by atoms with Crippen LogP contribution in [0.1, 0.15) is 30.9 Å². The summed E-state index contributed by atoms with van der Waals surface area (Å²) < 4.78 is 42.5. The molecule has 17 heavy (non-hydrogen) atoms. The molecule has 1 aromatic rings. The number of ether oxygens (including phenoxy) is 1. The Balaban J connectivity index is 2.32. The largest absolute Gasteiger partial charge is 0.476 e. The third-order valence-corrected chi connectivity index (χ3v) is 2.73. The molecule has 0 aromatic heterocycles. The fourth-order valence-electron chi connectivity index (χ4n) is 1.69. The zero-order valence-electron chi connectivity index (χ0n) is 9.58. The first-order valence-electron chi connectivity index (χ1n) is 5.43. The fourth-order valence-corrected chi connectivity index (χ4v) is 1.69. The molecule has 0 spiro atoms. The van der Waals surface area contributed by atoms with Gasteiger partial charge < -0.3 is 4.74 Å². The third-order valence-electron chi connectivity index (χ3n) is 2.73.